The van der Waals surface area contributed by atoms with E-state index >= 15 is 0 Å². The number of carbonyl (C=O) groups excluding carboxylic acids is 1. The largest absolute Gasteiger partial charge is 0.456 e. The standard InChI is InChI=1S/C13H23N3O2/c1-9-10(6-11(18-9)12(17)15-14)7-16(5)8-13(2,3)4/h6H,7-8,14H2,1-5H3,(H,15,17). The number of furan rings is 1. The van der Waals surface area contributed by atoms with Crippen LogP contribution in [0.3, 0.4) is 0 Å². The number of rotatable bonds is 4. The van der Waals surface area contributed by atoms with Crippen molar-refractivity contribution in [1.82, 2.24) is 10.3 Å². The molecule has 0 aliphatic rings. The van der Waals surface area contributed by atoms with Crippen LogP contribution < -0.4 is 11.3 Å². The number of hydrazine groups is 1. The zero-order chi connectivity index (χ0) is 13.9. The molecule has 0 bridgehead atoms. The first-order valence-electron chi connectivity index (χ1n) is 6.02. The van der Waals surface area contributed by atoms with Crippen molar-refractivity contribution in [1.29, 1.82) is 0 Å². The molecule has 102 valence electrons. The minimum absolute atomic E-state index is 0.240. The maximum Gasteiger partial charge on any atom is 0.300 e. The molecule has 0 saturated heterocycles. The second-order valence-electron chi connectivity index (χ2n) is 5.90. The molecule has 1 aromatic rings. The highest BCUT2D eigenvalue weighted by Crippen LogP contribution is 2.19. The second kappa shape index (κ2) is 5.54. The Hall–Kier alpha value is -1.33. The highest BCUT2D eigenvalue weighted by atomic mass is 16.4. The quantitative estimate of drug-likeness (QED) is 0.486. The van der Waals surface area contributed by atoms with Crippen molar-refractivity contribution >= 4 is 5.91 Å². The first-order valence-corrected chi connectivity index (χ1v) is 6.02. The van der Waals surface area contributed by atoms with Crippen molar-refractivity contribution in [2.24, 2.45) is 11.3 Å². The third kappa shape index (κ3) is 4.16. The van der Waals surface area contributed by atoms with Gasteiger partial charge in [-0.3, -0.25) is 10.2 Å². The van der Waals surface area contributed by atoms with Crippen LogP contribution in [0.2, 0.25) is 0 Å². The first-order chi connectivity index (χ1) is 8.23. The van der Waals surface area contributed by atoms with Gasteiger partial charge < -0.3 is 9.32 Å². The van der Waals surface area contributed by atoms with Gasteiger partial charge in [0.15, 0.2) is 5.76 Å². The molecule has 0 unspecified atom stereocenters. The monoisotopic (exact) mass is 253 g/mol. The summed E-state index contributed by atoms with van der Waals surface area (Å²) < 4.78 is 5.38. The Labute approximate surface area is 108 Å². The van der Waals surface area contributed by atoms with Gasteiger partial charge in [0.1, 0.15) is 5.76 Å². The molecule has 1 amide bonds. The van der Waals surface area contributed by atoms with Crippen LogP contribution in [-0.2, 0) is 6.54 Å². The average Bonchev–Trinajstić information content (AvgIpc) is 2.56. The predicted molar refractivity (Wildman–Crippen MR) is 70.9 cm³/mol. The summed E-state index contributed by atoms with van der Waals surface area (Å²) in [6.07, 6.45) is 0. The summed E-state index contributed by atoms with van der Waals surface area (Å²) in [7, 11) is 2.06. The maximum atomic E-state index is 11.4. The molecule has 0 atom stereocenters. The summed E-state index contributed by atoms with van der Waals surface area (Å²) in [6, 6.07) is 1.75. The van der Waals surface area contributed by atoms with Crippen LogP contribution in [0.25, 0.3) is 0 Å². The topological polar surface area (TPSA) is 71.5 Å². The van der Waals surface area contributed by atoms with Gasteiger partial charge in [-0.25, -0.2) is 5.84 Å². The molecule has 0 fully saturated rings. The van der Waals surface area contributed by atoms with E-state index in [2.05, 4.69) is 38.1 Å². The molecule has 1 heterocycles. The third-order valence-electron chi connectivity index (χ3n) is 2.56. The fraction of sp³-hybridized carbons (Fsp3) is 0.615. The number of carbonyl (C=O) groups is 1. The van der Waals surface area contributed by atoms with Crippen molar-refractivity contribution in [2.45, 2.75) is 34.2 Å². The lowest BCUT2D eigenvalue weighted by Crippen LogP contribution is -2.29. The molecule has 0 radical (unpaired) electrons. The van der Waals surface area contributed by atoms with Crippen LogP contribution >= 0.6 is 0 Å². The summed E-state index contributed by atoms with van der Waals surface area (Å²) in [5, 5.41) is 0. The van der Waals surface area contributed by atoms with E-state index < -0.39 is 5.91 Å². The molecule has 0 aliphatic carbocycles. The number of nitrogens with two attached hydrogens (primary N) is 1. The van der Waals surface area contributed by atoms with Gasteiger partial charge >= 0.3 is 5.91 Å². The molecule has 1 rings (SSSR count). The Balaban J connectivity index is 2.73. The summed E-state index contributed by atoms with van der Waals surface area (Å²) in [5.74, 6) is 5.69. The Kier molecular flexibility index (Phi) is 4.53. The molecule has 0 saturated carbocycles. The van der Waals surface area contributed by atoms with Gasteiger partial charge in [0.2, 0.25) is 0 Å². The van der Waals surface area contributed by atoms with Gasteiger partial charge in [0, 0.05) is 18.7 Å². The van der Waals surface area contributed by atoms with E-state index in [1.54, 1.807) is 6.07 Å². The van der Waals surface area contributed by atoms with E-state index in [4.69, 9.17) is 10.3 Å². The van der Waals surface area contributed by atoms with Gasteiger partial charge in [0.25, 0.3) is 0 Å². The fourth-order valence-corrected chi connectivity index (χ4v) is 2.02. The second-order valence-corrected chi connectivity index (χ2v) is 5.90. The van der Waals surface area contributed by atoms with E-state index in [0.29, 0.717) is 0 Å². The van der Waals surface area contributed by atoms with Crippen molar-refractivity contribution < 1.29 is 9.21 Å². The van der Waals surface area contributed by atoms with E-state index in [-0.39, 0.29) is 11.2 Å². The number of aryl methyl sites for hydroxylation is 1. The summed E-state index contributed by atoms with van der Waals surface area (Å²) in [6.45, 7) is 10.2. The molecular formula is C13H23N3O2. The van der Waals surface area contributed by atoms with Crippen LogP contribution in [0.5, 0.6) is 0 Å². The first kappa shape index (κ1) is 14.7. The molecular weight excluding hydrogens is 230 g/mol. The minimum Gasteiger partial charge on any atom is -0.456 e. The number of nitrogens with one attached hydrogen (secondary N) is 1. The molecule has 5 nitrogen and oxygen atoms in total. The van der Waals surface area contributed by atoms with E-state index in [0.717, 1.165) is 24.4 Å². The Bertz CT molecular complexity index is 418. The normalized spacial score (nSPS) is 11.9. The molecule has 0 aromatic carbocycles. The molecule has 5 heteroatoms. The molecule has 0 aliphatic heterocycles. The minimum atomic E-state index is -0.400. The number of amides is 1. The highest BCUT2D eigenvalue weighted by Gasteiger charge is 2.17. The Morgan fingerprint density at radius 1 is 1.50 bits per heavy atom. The lowest BCUT2D eigenvalue weighted by molar-refractivity contribution is 0.0924. The van der Waals surface area contributed by atoms with Gasteiger partial charge in [-0.2, -0.15) is 0 Å². The summed E-state index contributed by atoms with van der Waals surface area (Å²) in [4.78, 5) is 13.6. The maximum absolute atomic E-state index is 11.4. The number of nitrogen functional groups attached to an aromatic ring is 1. The van der Waals surface area contributed by atoms with Crippen LogP contribution in [0.15, 0.2) is 10.5 Å². The lowest BCUT2D eigenvalue weighted by atomic mass is 9.96. The number of hydrogen-bond donors (Lipinski definition) is 2. The Morgan fingerprint density at radius 2 is 2.11 bits per heavy atom. The van der Waals surface area contributed by atoms with Gasteiger partial charge in [0.05, 0.1) is 0 Å². The highest BCUT2D eigenvalue weighted by molar-refractivity contribution is 5.91. The smallest absolute Gasteiger partial charge is 0.300 e. The molecule has 18 heavy (non-hydrogen) atoms. The zero-order valence-electron chi connectivity index (χ0n) is 11.8. The predicted octanol–water partition coefficient (Wildman–Crippen LogP) is 1.67. The summed E-state index contributed by atoms with van der Waals surface area (Å²) >= 11 is 0. The van der Waals surface area contributed by atoms with Gasteiger partial charge in [-0.05, 0) is 25.5 Å². The number of nitrogens with zero attached hydrogens (tertiary/aromatic N) is 1. The van der Waals surface area contributed by atoms with Crippen LogP contribution in [0.1, 0.15) is 42.6 Å². The SMILES string of the molecule is Cc1oc(C(=O)NN)cc1CN(C)CC(C)(C)C. The average molecular weight is 253 g/mol. The van der Waals surface area contributed by atoms with Crippen molar-refractivity contribution in [3.63, 3.8) is 0 Å². The third-order valence-corrected chi connectivity index (χ3v) is 2.56. The molecule has 3 N–H and O–H groups in total. The lowest BCUT2D eigenvalue weighted by Gasteiger charge is -2.26. The van der Waals surface area contributed by atoms with Crippen LogP contribution in [-0.4, -0.2) is 24.4 Å². The van der Waals surface area contributed by atoms with E-state index in [9.17, 15) is 4.79 Å². The van der Waals surface area contributed by atoms with Crippen molar-refractivity contribution in [2.75, 3.05) is 13.6 Å². The van der Waals surface area contributed by atoms with E-state index in [1.807, 2.05) is 6.92 Å². The van der Waals surface area contributed by atoms with Gasteiger partial charge in [-0.15, -0.1) is 0 Å². The van der Waals surface area contributed by atoms with Gasteiger partial charge in [-0.1, -0.05) is 20.8 Å². The molecule has 0 spiro atoms. The Morgan fingerprint density at radius 3 is 2.61 bits per heavy atom. The fourth-order valence-electron chi connectivity index (χ4n) is 2.02. The van der Waals surface area contributed by atoms with Crippen molar-refractivity contribution in [3.05, 3.63) is 23.2 Å². The van der Waals surface area contributed by atoms with Crippen LogP contribution in [0, 0.1) is 12.3 Å². The van der Waals surface area contributed by atoms with E-state index in [1.165, 1.54) is 0 Å². The summed E-state index contributed by atoms with van der Waals surface area (Å²) in [5.41, 5.74) is 3.32. The number of hydrogen-bond acceptors (Lipinski definition) is 4. The van der Waals surface area contributed by atoms with Crippen LogP contribution in [0.4, 0.5) is 0 Å². The molecule has 1 aromatic heterocycles. The zero-order valence-corrected chi connectivity index (χ0v) is 11.8. The van der Waals surface area contributed by atoms with Crippen molar-refractivity contribution in [3.8, 4) is 0 Å².